The minimum Gasteiger partial charge on any atom is -0.491 e. The van der Waals surface area contributed by atoms with Gasteiger partial charge in [-0.1, -0.05) is 51.2 Å². The summed E-state index contributed by atoms with van der Waals surface area (Å²) in [5.41, 5.74) is 2.11. The van der Waals surface area contributed by atoms with E-state index in [-0.39, 0.29) is 5.91 Å². The Kier molecular flexibility index (Phi) is 35.0. The zero-order valence-electron chi connectivity index (χ0n) is 35.4. The molecular weight excluding hydrogens is 750 g/mol. The molecule has 1 N–H and O–H groups in total. The van der Waals surface area contributed by atoms with Gasteiger partial charge in [-0.25, -0.2) is 0 Å². The molecule has 1 amide bonds. The van der Waals surface area contributed by atoms with E-state index < -0.39 is 0 Å². The molecule has 2 aromatic carbocycles. The number of anilines is 1. The zero-order valence-corrected chi connectivity index (χ0v) is 35.4. The minimum absolute atomic E-state index is 0.108. The molecule has 0 unspecified atom stereocenters. The summed E-state index contributed by atoms with van der Waals surface area (Å²) in [4.78, 5) is 11.1. The molecule has 0 saturated heterocycles. The Morgan fingerprint density at radius 2 is 0.690 bits per heavy atom. The molecule has 0 saturated carbocycles. The molecule has 0 heterocycles. The lowest BCUT2D eigenvalue weighted by atomic mass is 10.0. The van der Waals surface area contributed by atoms with Crippen LogP contribution in [0.4, 0.5) is 5.69 Å². The van der Waals surface area contributed by atoms with Crippen LogP contribution in [-0.4, -0.2) is 151 Å². The molecular formula is C44H73NO13. The molecule has 14 nitrogen and oxygen atoms in total. The zero-order chi connectivity index (χ0) is 41.2. The highest BCUT2D eigenvalue weighted by molar-refractivity contribution is 5.88. The summed E-state index contributed by atoms with van der Waals surface area (Å²) in [6.45, 7) is 14.7. The lowest BCUT2D eigenvalue weighted by Gasteiger charge is -2.09. The summed E-state index contributed by atoms with van der Waals surface area (Å²) in [7, 11) is 0. The van der Waals surface area contributed by atoms with Crippen LogP contribution in [0, 0.1) is 0 Å². The van der Waals surface area contributed by atoms with E-state index in [0.717, 1.165) is 17.9 Å². The monoisotopic (exact) mass is 824 g/mol. The van der Waals surface area contributed by atoms with Gasteiger partial charge < -0.3 is 62.2 Å². The first-order valence-electron chi connectivity index (χ1n) is 21.2. The smallest absolute Gasteiger partial charge is 0.221 e. The van der Waals surface area contributed by atoms with E-state index in [1.807, 2.05) is 12.1 Å². The Bertz CT molecular complexity index is 1170. The SMILES string of the molecule is CCCCCCCCc1ccc(OCCOCCOCCOCCOCCOCCOCCOCCOCCOCCOCCOc2ccc(NC(C)=O)cc2)cc1. The van der Waals surface area contributed by atoms with Gasteiger partial charge in [0.15, 0.2) is 0 Å². The first-order chi connectivity index (χ1) is 28.7. The van der Waals surface area contributed by atoms with Gasteiger partial charge in [0.05, 0.1) is 132 Å². The number of unbranched alkanes of at least 4 members (excludes halogenated alkanes) is 5. The van der Waals surface area contributed by atoms with Gasteiger partial charge in [-0.15, -0.1) is 0 Å². The Morgan fingerprint density at radius 1 is 0.397 bits per heavy atom. The van der Waals surface area contributed by atoms with Crippen molar-refractivity contribution in [1.29, 1.82) is 0 Å². The predicted molar refractivity (Wildman–Crippen MR) is 223 cm³/mol. The second-order valence-corrected chi connectivity index (χ2v) is 13.2. The van der Waals surface area contributed by atoms with Crippen LogP contribution < -0.4 is 14.8 Å². The lowest BCUT2D eigenvalue weighted by Crippen LogP contribution is -2.15. The highest BCUT2D eigenvalue weighted by atomic mass is 16.6. The van der Waals surface area contributed by atoms with Crippen LogP contribution in [0.1, 0.15) is 57.9 Å². The normalized spacial score (nSPS) is 11.3. The number of benzene rings is 2. The third-order valence-corrected chi connectivity index (χ3v) is 8.26. The summed E-state index contributed by atoms with van der Waals surface area (Å²) >= 11 is 0. The van der Waals surface area contributed by atoms with Crippen molar-refractivity contribution in [3.05, 3.63) is 54.1 Å². The number of hydrogen-bond donors (Lipinski definition) is 1. The third kappa shape index (κ3) is 33.0. The number of rotatable bonds is 43. The molecule has 0 atom stereocenters. The average molecular weight is 824 g/mol. The highest BCUT2D eigenvalue weighted by Crippen LogP contribution is 2.16. The van der Waals surface area contributed by atoms with Crippen molar-refractivity contribution in [3.8, 4) is 11.5 Å². The van der Waals surface area contributed by atoms with Gasteiger partial charge in [-0.05, 0) is 54.8 Å². The first-order valence-corrected chi connectivity index (χ1v) is 21.2. The van der Waals surface area contributed by atoms with Gasteiger partial charge in [-0.3, -0.25) is 4.79 Å². The van der Waals surface area contributed by atoms with Gasteiger partial charge in [0.25, 0.3) is 0 Å². The van der Waals surface area contributed by atoms with Crippen LogP contribution >= 0.6 is 0 Å². The summed E-state index contributed by atoms with van der Waals surface area (Å²) in [6.07, 6.45) is 9.06. The van der Waals surface area contributed by atoms with Gasteiger partial charge >= 0.3 is 0 Å². The molecule has 0 spiro atoms. The fraction of sp³-hybridized carbons (Fsp3) is 0.705. The number of aryl methyl sites for hydroxylation is 1. The van der Waals surface area contributed by atoms with Gasteiger partial charge in [0, 0.05) is 12.6 Å². The fourth-order valence-corrected chi connectivity index (χ4v) is 5.22. The summed E-state index contributed by atoms with van der Waals surface area (Å²) in [5.74, 6) is 1.49. The molecule has 14 heteroatoms. The molecule has 2 aromatic rings. The van der Waals surface area contributed by atoms with Crippen LogP contribution in [0.15, 0.2) is 48.5 Å². The quantitative estimate of drug-likeness (QED) is 0.0764. The number of hydrogen-bond acceptors (Lipinski definition) is 13. The summed E-state index contributed by atoms with van der Waals surface area (Å²) in [5, 5.41) is 2.71. The second kappa shape index (κ2) is 39.6. The molecule has 58 heavy (non-hydrogen) atoms. The first kappa shape index (κ1) is 51.3. The lowest BCUT2D eigenvalue weighted by molar-refractivity contribution is -0.114. The van der Waals surface area contributed by atoms with Crippen LogP contribution in [0.3, 0.4) is 0 Å². The van der Waals surface area contributed by atoms with Crippen molar-refractivity contribution in [3.63, 3.8) is 0 Å². The van der Waals surface area contributed by atoms with Gasteiger partial charge in [-0.2, -0.15) is 0 Å². The minimum atomic E-state index is -0.108. The maximum absolute atomic E-state index is 11.1. The van der Waals surface area contributed by atoms with Crippen LogP contribution in [0.5, 0.6) is 11.5 Å². The molecule has 0 aliphatic rings. The van der Waals surface area contributed by atoms with Crippen molar-refractivity contribution in [2.45, 2.75) is 58.8 Å². The molecule has 0 aliphatic heterocycles. The van der Waals surface area contributed by atoms with Gasteiger partial charge in [0.1, 0.15) is 24.7 Å². The average Bonchev–Trinajstić information content (AvgIpc) is 3.23. The number of carbonyl (C=O) groups excluding carboxylic acids is 1. The Balaban J connectivity index is 1.17. The van der Waals surface area contributed by atoms with E-state index in [9.17, 15) is 4.79 Å². The molecule has 0 radical (unpaired) electrons. The summed E-state index contributed by atoms with van der Waals surface area (Å²) < 4.78 is 66.6. The van der Waals surface area contributed by atoms with E-state index in [2.05, 4.69) is 24.4 Å². The Labute approximate surface area is 347 Å². The molecule has 0 fully saturated rings. The maximum atomic E-state index is 11.1. The molecule has 0 bridgehead atoms. The van der Waals surface area contributed by atoms with Gasteiger partial charge in [0.2, 0.25) is 5.91 Å². The van der Waals surface area contributed by atoms with Crippen molar-refractivity contribution in [2.24, 2.45) is 0 Å². The predicted octanol–water partition coefficient (Wildman–Crippen LogP) is 6.17. The van der Waals surface area contributed by atoms with Crippen LogP contribution in [-0.2, 0) is 58.6 Å². The molecule has 2 rings (SSSR count). The van der Waals surface area contributed by atoms with E-state index in [0.29, 0.717) is 151 Å². The standard InChI is InChI=1S/C44H73NO13/c1-3-4-5-6-7-8-9-41-10-14-43(15-11-41)57-38-36-55-34-32-53-30-28-51-26-24-49-22-20-47-18-19-48-21-23-50-25-27-52-29-31-54-33-35-56-37-39-58-44-16-12-42(13-17-44)45-40(2)46/h10-17H,3-9,18-39H2,1-2H3,(H,45,46). The summed E-state index contributed by atoms with van der Waals surface area (Å²) in [6, 6.07) is 15.6. The molecule has 0 aromatic heterocycles. The molecule has 0 aliphatic carbocycles. The maximum Gasteiger partial charge on any atom is 0.221 e. The number of nitrogens with one attached hydrogen (secondary N) is 1. The van der Waals surface area contributed by atoms with Crippen molar-refractivity contribution in [1.82, 2.24) is 0 Å². The Morgan fingerprint density at radius 3 is 1.02 bits per heavy atom. The fourth-order valence-electron chi connectivity index (χ4n) is 5.22. The Hall–Kier alpha value is -2.89. The molecule has 332 valence electrons. The van der Waals surface area contributed by atoms with Crippen LogP contribution in [0.25, 0.3) is 0 Å². The van der Waals surface area contributed by atoms with E-state index in [1.165, 1.54) is 51.0 Å². The second-order valence-electron chi connectivity index (χ2n) is 13.2. The number of amides is 1. The third-order valence-electron chi connectivity index (χ3n) is 8.26. The van der Waals surface area contributed by atoms with E-state index >= 15 is 0 Å². The van der Waals surface area contributed by atoms with Crippen LogP contribution in [0.2, 0.25) is 0 Å². The van der Waals surface area contributed by atoms with Crippen molar-refractivity contribution >= 4 is 11.6 Å². The van der Waals surface area contributed by atoms with Crippen molar-refractivity contribution in [2.75, 3.05) is 151 Å². The highest BCUT2D eigenvalue weighted by Gasteiger charge is 2.01. The topological polar surface area (TPSA) is 140 Å². The number of carbonyl (C=O) groups is 1. The van der Waals surface area contributed by atoms with E-state index in [4.69, 9.17) is 56.8 Å². The number of ether oxygens (including phenoxy) is 12. The largest absolute Gasteiger partial charge is 0.491 e. The van der Waals surface area contributed by atoms with E-state index in [1.54, 1.807) is 24.3 Å². The van der Waals surface area contributed by atoms with Crippen molar-refractivity contribution < 1.29 is 61.6 Å².